The molecule has 0 saturated heterocycles. The lowest BCUT2D eigenvalue weighted by Crippen LogP contribution is -2.63. The Bertz CT molecular complexity index is 1640. The first-order valence-electron chi connectivity index (χ1n) is 22.1. The van der Waals surface area contributed by atoms with E-state index in [0.29, 0.717) is 30.1 Å². The zero-order valence-electron chi connectivity index (χ0n) is 34.5. The average molecular weight is 775 g/mol. The molecular formula is C47H70N2O5S. The van der Waals surface area contributed by atoms with E-state index >= 15 is 0 Å². The number of nitrogens with zero attached hydrogens (tertiary/aromatic N) is 1. The number of carboxylic acid groups (broad SMARTS) is 1. The van der Waals surface area contributed by atoms with E-state index in [0.717, 1.165) is 75.2 Å². The van der Waals surface area contributed by atoms with Crippen molar-refractivity contribution < 1.29 is 24.3 Å². The van der Waals surface area contributed by atoms with Gasteiger partial charge in [-0.05, 0) is 179 Å². The second-order valence-corrected chi connectivity index (χ2v) is 22.5. The van der Waals surface area contributed by atoms with E-state index in [1.165, 1.54) is 68.9 Å². The summed E-state index contributed by atoms with van der Waals surface area (Å²) in [5.41, 5.74) is 2.24. The predicted molar refractivity (Wildman–Crippen MR) is 220 cm³/mol. The Morgan fingerprint density at radius 1 is 0.909 bits per heavy atom. The Labute approximate surface area is 334 Å². The molecule has 0 radical (unpaired) electrons. The van der Waals surface area contributed by atoms with Crippen molar-refractivity contribution in [1.29, 1.82) is 0 Å². The molecule has 304 valence electrons. The zero-order chi connectivity index (χ0) is 38.9. The van der Waals surface area contributed by atoms with Gasteiger partial charge < -0.3 is 24.8 Å². The van der Waals surface area contributed by atoms with Gasteiger partial charge in [0, 0.05) is 17.8 Å². The van der Waals surface area contributed by atoms with Gasteiger partial charge in [-0.3, -0.25) is 4.79 Å². The quantitative estimate of drug-likeness (QED) is 0.203. The van der Waals surface area contributed by atoms with Gasteiger partial charge >= 0.3 is 5.97 Å². The summed E-state index contributed by atoms with van der Waals surface area (Å²) in [6.07, 6.45) is 27.4. The van der Waals surface area contributed by atoms with Crippen LogP contribution in [-0.2, 0) is 16.0 Å². The van der Waals surface area contributed by atoms with Crippen LogP contribution in [0.3, 0.4) is 0 Å². The number of aromatic nitrogens is 1. The lowest BCUT2D eigenvalue weighted by molar-refractivity contribution is -0.175. The molecule has 7 nitrogen and oxygen atoms in total. The molecule has 0 aliphatic heterocycles. The number of rotatable bonds is 10. The third-order valence-electron chi connectivity index (χ3n) is 18.0. The number of aliphatic carboxylic acids is 1. The van der Waals surface area contributed by atoms with E-state index in [1.807, 2.05) is 18.4 Å². The summed E-state index contributed by atoms with van der Waals surface area (Å²) >= 11 is -0.785. The van der Waals surface area contributed by atoms with Crippen LogP contribution in [-0.4, -0.2) is 61.5 Å². The zero-order valence-corrected chi connectivity index (χ0v) is 35.4. The van der Waals surface area contributed by atoms with Crippen LogP contribution in [0.5, 0.6) is 5.88 Å². The topological polar surface area (TPSA) is 115 Å². The summed E-state index contributed by atoms with van der Waals surface area (Å²) in [5.74, 6) is 3.40. The van der Waals surface area contributed by atoms with Crippen molar-refractivity contribution in [2.75, 3.05) is 19.4 Å². The largest absolute Gasteiger partial charge is 0.616 e. The van der Waals surface area contributed by atoms with E-state index in [-0.39, 0.29) is 28.2 Å². The van der Waals surface area contributed by atoms with Crippen molar-refractivity contribution in [1.82, 2.24) is 10.3 Å². The van der Waals surface area contributed by atoms with Crippen LogP contribution in [0.4, 0.5) is 0 Å². The van der Waals surface area contributed by atoms with Gasteiger partial charge in [-0.2, -0.15) is 0 Å². The summed E-state index contributed by atoms with van der Waals surface area (Å²) in [6, 6.07) is 5.50. The molecule has 5 fully saturated rings. The normalized spacial score (nSPS) is 44.1. The summed E-state index contributed by atoms with van der Waals surface area (Å²) in [7, 11) is 0. The smallest absolute Gasteiger partial charge is 0.313 e. The lowest BCUT2D eigenvalue weighted by Gasteiger charge is -2.68. The highest BCUT2D eigenvalue weighted by Crippen LogP contribution is 2.72. The van der Waals surface area contributed by atoms with E-state index in [1.54, 1.807) is 12.3 Å². The standard InChI is InChI=1S/C47H70N2O5S/c1-42(2)35(32-13-23-45(24-14-32,41(50)51)31-54-40-10-6-7-29-48-40)17-21-44(4)38(42)19-22-43(3)36-18-27-47(20-8-9-37(47)34(36)11-12-39(43)44)49-30-28-46(52)25-15-33(16-26-46)55(5)53/h6-7,10,13,17,29,33-34,36-39,49,52H,8-9,11-12,14-16,18-28,30-31H2,1-5H3,(H,50,51)/t33?,34?,36?,37-,38?,39?,43?,44?,45?,46?,47?,55?/m1/s1. The second-order valence-electron chi connectivity index (χ2n) is 20.8. The molecule has 55 heavy (non-hydrogen) atoms. The molecule has 8 rings (SSSR count). The highest BCUT2D eigenvalue weighted by Gasteiger charge is 2.65. The number of fused-ring (bicyclic) bond motifs is 7. The molecule has 7 aliphatic carbocycles. The number of hydrogen-bond acceptors (Lipinski definition) is 6. The Morgan fingerprint density at radius 3 is 2.40 bits per heavy atom. The fraction of sp³-hybridized carbons (Fsp3) is 0.787. The monoisotopic (exact) mass is 775 g/mol. The van der Waals surface area contributed by atoms with Gasteiger partial charge in [-0.1, -0.05) is 63.5 Å². The summed E-state index contributed by atoms with van der Waals surface area (Å²) < 4.78 is 18.0. The summed E-state index contributed by atoms with van der Waals surface area (Å²) in [6.45, 7) is 11.4. The predicted octanol–water partition coefficient (Wildman–Crippen LogP) is 9.43. The highest BCUT2D eigenvalue weighted by atomic mass is 32.2. The van der Waals surface area contributed by atoms with Gasteiger partial charge in [0.1, 0.15) is 17.3 Å². The van der Waals surface area contributed by atoms with Crippen molar-refractivity contribution in [2.45, 2.75) is 160 Å². The molecule has 0 bridgehead atoms. The number of aliphatic hydroxyl groups is 1. The van der Waals surface area contributed by atoms with Crippen molar-refractivity contribution in [3.63, 3.8) is 0 Å². The Balaban J connectivity index is 0.945. The van der Waals surface area contributed by atoms with Gasteiger partial charge in [0.15, 0.2) is 0 Å². The van der Waals surface area contributed by atoms with Crippen molar-refractivity contribution >= 4 is 17.1 Å². The SMILES string of the molecule is C[S+]([O-])C1CCC(O)(CCNC23CCC[C@@H]2C2CCC4C(C)(CCC5C(C)(C)C(C6=CCC(COc7ccccn7)(C(=O)O)CC6)=CCC54C)C2CC3)CC1. The van der Waals surface area contributed by atoms with E-state index in [2.05, 4.69) is 50.1 Å². The molecule has 0 spiro atoms. The molecule has 5 saturated carbocycles. The first-order chi connectivity index (χ1) is 26.1. The van der Waals surface area contributed by atoms with Gasteiger partial charge in [0.25, 0.3) is 0 Å². The fourth-order valence-corrected chi connectivity index (χ4v) is 16.0. The molecular weight excluding hydrogens is 705 g/mol. The van der Waals surface area contributed by atoms with E-state index in [4.69, 9.17) is 4.74 Å². The number of nitrogens with one attached hydrogen (secondary N) is 1. The summed E-state index contributed by atoms with van der Waals surface area (Å²) in [5, 5.41) is 26.3. The number of carboxylic acids is 1. The van der Waals surface area contributed by atoms with Crippen LogP contribution in [0.2, 0.25) is 0 Å². The first-order valence-corrected chi connectivity index (χ1v) is 23.7. The lowest BCUT2D eigenvalue weighted by atomic mass is 9.37. The van der Waals surface area contributed by atoms with Crippen molar-refractivity contribution in [2.24, 2.45) is 51.2 Å². The number of allylic oxidation sites excluding steroid dienone is 4. The number of carbonyl (C=O) groups is 1. The Hall–Kier alpha value is -1.87. The van der Waals surface area contributed by atoms with Gasteiger partial charge in [0.2, 0.25) is 5.88 Å². The van der Waals surface area contributed by atoms with Crippen LogP contribution < -0.4 is 10.1 Å². The average Bonchev–Trinajstić information content (AvgIpc) is 3.59. The minimum absolute atomic E-state index is 0.0404. The number of hydrogen-bond donors (Lipinski definition) is 3. The number of ether oxygens (including phenoxy) is 1. The Morgan fingerprint density at radius 2 is 1.71 bits per heavy atom. The van der Waals surface area contributed by atoms with Gasteiger partial charge in [-0.25, -0.2) is 4.98 Å². The molecule has 0 amide bonds. The molecule has 1 aromatic heterocycles. The molecule has 9 unspecified atom stereocenters. The van der Waals surface area contributed by atoms with Gasteiger partial charge in [-0.15, -0.1) is 0 Å². The second kappa shape index (κ2) is 14.7. The van der Waals surface area contributed by atoms with Crippen molar-refractivity contribution in [3.8, 4) is 5.88 Å². The molecule has 7 aliphatic rings. The molecule has 0 aromatic carbocycles. The van der Waals surface area contributed by atoms with Crippen LogP contribution in [0, 0.1) is 51.2 Å². The molecule has 1 aromatic rings. The van der Waals surface area contributed by atoms with Crippen molar-refractivity contribution in [3.05, 3.63) is 47.7 Å². The van der Waals surface area contributed by atoms with Gasteiger partial charge in [0.05, 0.1) is 11.9 Å². The van der Waals surface area contributed by atoms with E-state index < -0.39 is 28.2 Å². The third kappa shape index (κ3) is 6.87. The maximum absolute atomic E-state index is 12.7. The minimum Gasteiger partial charge on any atom is -0.616 e. The molecule has 3 N–H and O–H groups in total. The summed E-state index contributed by atoms with van der Waals surface area (Å²) in [4.78, 5) is 16.9. The Kier molecular flexibility index (Phi) is 10.7. The van der Waals surface area contributed by atoms with E-state index in [9.17, 15) is 19.6 Å². The molecule has 8 heteroatoms. The molecule has 1 heterocycles. The minimum atomic E-state index is -0.926. The third-order valence-corrected chi connectivity index (χ3v) is 19.4. The maximum atomic E-state index is 12.7. The van der Waals surface area contributed by atoms with Crippen LogP contribution in [0.15, 0.2) is 47.7 Å². The number of pyridine rings is 1. The van der Waals surface area contributed by atoms with Crippen LogP contribution in [0.1, 0.15) is 143 Å². The van der Waals surface area contributed by atoms with Crippen LogP contribution in [0.25, 0.3) is 0 Å². The molecule has 10 atom stereocenters. The first kappa shape index (κ1) is 39.9. The van der Waals surface area contributed by atoms with Crippen LogP contribution >= 0.6 is 0 Å². The highest BCUT2D eigenvalue weighted by molar-refractivity contribution is 7.91. The maximum Gasteiger partial charge on any atom is 0.313 e. The fourth-order valence-electron chi connectivity index (χ4n) is 15.1.